The summed E-state index contributed by atoms with van der Waals surface area (Å²) in [5.41, 5.74) is 8.26. The van der Waals surface area contributed by atoms with E-state index in [1.165, 1.54) is 22.0 Å². The zero-order chi connectivity index (χ0) is 28.7. The van der Waals surface area contributed by atoms with E-state index in [1.807, 2.05) is 93.7 Å². The number of amides is 1. The third-order valence-electron chi connectivity index (χ3n) is 4.74. The minimum absolute atomic E-state index is 0.350. The van der Waals surface area contributed by atoms with E-state index in [0.29, 0.717) is 6.54 Å². The number of carbonyl (C=O) groups excluding carboxylic acids is 1. The molecule has 3 aromatic rings. The van der Waals surface area contributed by atoms with Crippen LogP contribution in [0.3, 0.4) is 0 Å². The number of allylic oxidation sites excluding steroid dienone is 2. The third kappa shape index (κ3) is 17.6. The second-order valence-corrected chi connectivity index (χ2v) is 9.19. The van der Waals surface area contributed by atoms with Crippen molar-refractivity contribution in [2.75, 3.05) is 13.1 Å². The molecule has 5 nitrogen and oxygen atoms in total. The number of fused-ring (bicyclic) bond motifs is 1. The fourth-order valence-electron chi connectivity index (χ4n) is 2.87. The van der Waals surface area contributed by atoms with E-state index in [0.717, 1.165) is 32.2 Å². The van der Waals surface area contributed by atoms with Crippen molar-refractivity contribution in [3.8, 4) is 0 Å². The van der Waals surface area contributed by atoms with Gasteiger partial charge in [0.25, 0.3) is 0 Å². The van der Waals surface area contributed by atoms with Gasteiger partial charge < -0.3 is 20.8 Å². The topological polar surface area (TPSA) is 80.1 Å². The maximum absolute atomic E-state index is 11.1. The van der Waals surface area contributed by atoms with Gasteiger partial charge in [-0.3, -0.25) is 0 Å². The Morgan fingerprint density at radius 2 is 1.53 bits per heavy atom. The molecule has 0 radical (unpaired) electrons. The highest BCUT2D eigenvalue weighted by atomic mass is 16.6. The van der Waals surface area contributed by atoms with Crippen LogP contribution in [0.5, 0.6) is 0 Å². The van der Waals surface area contributed by atoms with E-state index < -0.39 is 5.60 Å². The van der Waals surface area contributed by atoms with Crippen molar-refractivity contribution < 1.29 is 9.53 Å². The molecule has 0 saturated carbocycles. The number of unbranched alkanes of at least 4 members (excludes halogenated alkanes) is 2. The van der Waals surface area contributed by atoms with Crippen LogP contribution >= 0.6 is 0 Å². The predicted molar refractivity (Wildman–Crippen MR) is 167 cm³/mol. The van der Waals surface area contributed by atoms with Gasteiger partial charge in [0.2, 0.25) is 0 Å². The number of ether oxygens (including phenoxy) is 1. The zero-order valence-electron chi connectivity index (χ0n) is 23.5. The molecule has 0 fully saturated rings. The Balaban J connectivity index is 0.000000499. The number of hydrogen-bond acceptors (Lipinski definition) is 3. The molecule has 0 atom stereocenters. The van der Waals surface area contributed by atoms with E-state index in [-0.39, 0.29) is 6.09 Å². The second-order valence-electron chi connectivity index (χ2n) is 9.19. The summed E-state index contributed by atoms with van der Waals surface area (Å²) < 4.78 is 5.04. The molecule has 0 aliphatic heterocycles. The quantitative estimate of drug-likeness (QED) is 0.196. The molecule has 38 heavy (non-hydrogen) atoms. The first-order chi connectivity index (χ1) is 18.2. The number of nitrogens with two attached hydrogens (primary N) is 1. The molecule has 0 aliphatic rings. The summed E-state index contributed by atoms with van der Waals surface area (Å²) in [6.07, 6.45) is 13.0. The van der Waals surface area contributed by atoms with Gasteiger partial charge in [0.05, 0.1) is 0 Å². The zero-order valence-corrected chi connectivity index (χ0v) is 23.5. The van der Waals surface area contributed by atoms with E-state index >= 15 is 0 Å². The second kappa shape index (κ2) is 21.3. The average Bonchev–Trinajstić information content (AvgIpc) is 3.34. The van der Waals surface area contributed by atoms with E-state index in [4.69, 9.17) is 10.5 Å². The molecule has 1 heterocycles. The molecule has 4 N–H and O–H groups in total. The number of rotatable bonds is 9. The molecular weight excluding hydrogens is 470 g/mol. The van der Waals surface area contributed by atoms with Crippen molar-refractivity contribution in [3.63, 3.8) is 0 Å². The summed E-state index contributed by atoms with van der Waals surface area (Å²) in [5.74, 6) is 0. The largest absolute Gasteiger partial charge is 0.444 e. The fraction of sp³-hybridized carbons (Fsp3) is 0.303. The Hall–Kier alpha value is -3.83. The first kappa shape index (κ1) is 34.2. The Morgan fingerprint density at radius 3 is 2.03 bits per heavy atom. The van der Waals surface area contributed by atoms with Crippen molar-refractivity contribution in [1.29, 1.82) is 0 Å². The van der Waals surface area contributed by atoms with Crippen LogP contribution in [0.4, 0.5) is 4.79 Å². The van der Waals surface area contributed by atoms with Crippen LogP contribution in [-0.2, 0) is 4.74 Å². The maximum atomic E-state index is 11.1. The van der Waals surface area contributed by atoms with Crippen molar-refractivity contribution in [2.45, 2.75) is 52.1 Å². The van der Waals surface area contributed by atoms with Crippen molar-refractivity contribution in [3.05, 3.63) is 110 Å². The van der Waals surface area contributed by atoms with Gasteiger partial charge in [-0.2, -0.15) is 0 Å². The SMILES string of the molecule is C=CCCCN.C=CCCCNC(=O)OC(C)(C)C.C=Cc1c[nH]c2ccccc12.C=Cc1ccccc1. The molecule has 0 saturated heterocycles. The van der Waals surface area contributed by atoms with Gasteiger partial charge >= 0.3 is 6.09 Å². The number of aromatic amines is 1. The lowest BCUT2D eigenvalue weighted by atomic mass is 10.2. The summed E-state index contributed by atoms with van der Waals surface area (Å²) in [4.78, 5) is 14.2. The standard InChI is InChI=1S/C10H19NO2.C10H9N.C8H8.C5H11N/c1-5-6-7-8-11-9(12)13-10(2,3)4;1-2-8-7-11-10-6-4-3-5-9(8)10;1-2-8-6-4-3-5-7-8;1-2-3-4-5-6/h5H,1,6-8H2,2-4H3,(H,11,12);2-7,11H,1H2;2-7H,1H2;2H,1,3-6H2. The number of aromatic nitrogens is 1. The Kier molecular flexibility index (Phi) is 19.1. The molecular formula is C33H47N3O2. The minimum Gasteiger partial charge on any atom is -0.444 e. The molecule has 0 aliphatic carbocycles. The van der Waals surface area contributed by atoms with E-state index in [2.05, 4.69) is 48.7 Å². The van der Waals surface area contributed by atoms with Crippen LogP contribution in [0.15, 0.2) is 99.3 Å². The van der Waals surface area contributed by atoms with Gasteiger partial charge in [-0.05, 0) is 70.2 Å². The number of alkyl carbamates (subject to hydrolysis) is 1. The molecule has 206 valence electrons. The number of benzene rings is 2. The lowest BCUT2D eigenvalue weighted by Gasteiger charge is -2.19. The monoisotopic (exact) mass is 517 g/mol. The Bertz CT molecular complexity index is 1060. The predicted octanol–water partition coefficient (Wildman–Crippen LogP) is 8.53. The molecule has 1 amide bonds. The van der Waals surface area contributed by atoms with Crippen molar-refractivity contribution in [2.24, 2.45) is 5.73 Å². The van der Waals surface area contributed by atoms with Gasteiger partial charge in [0.1, 0.15) is 5.60 Å². The first-order valence-corrected chi connectivity index (χ1v) is 13.0. The number of carbonyl (C=O) groups is 1. The smallest absolute Gasteiger partial charge is 0.407 e. The maximum Gasteiger partial charge on any atom is 0.407 e. The van der Waals surface area contributed by atoms with Crippen LogP contribution in [0.2, 0.25) is 0 Å². The van der Waals surface area contributed by atoms with Crippen LogP contribution in [0.25, 0.3) is 23.1 Å². The average molecular weight is 518 g/mol. The van der Waals surface area contributed by atoms with Crippen LogP contribution < -0.4 is 11.1 Å². The summed E-state index contributed by atoms with van der Waals surface area (Å²) in [5, 5.41) is 3.90. The van der Waals surface area contributed by atoms with E-state index in [1.54, 1.807) is 0 Å². The highest BCUT2D eigenvalue weighted by molar-refractivity contribution is 5.88. The van der Waals surface area contributed by atoms with Gasteiger partial charge in [0.15, 0.2) is 0 Å². The molecule has 0 bridgehead atoms. The normalized spacial score (nSPS) is 9.68. The Morgan fingerprint density at radius 1 is 0.921 bits per heavy atom. The lowest BCUT2D eigenvalue weighted by molar-refractivity contribution is 0.0527. The molecule has 0 spiro atoms. The minimum atomic E-state index is -0.414. The van der Waals surface area contributed by atoms with Gasteiger partial charge in [-0.25, -0.2) is 4.79 Å². The van der Waals surface area contributed by atoms with Crippen LogP contribution in [-0.4, -0.2) is 29.8 Å². The number of nitrogens with one attached hydrogen (secondary N) is 2. The molecule has 3 rings (SSSR count). The van der Waals surface area contributed by atoms with Crippen molar-refractivity contribution >= 4 is 29.1 Å². The summed E-state index contributed by atoms with van der Waals surface area (Å²) in [6.45, 7) is 21.5. The molecule has 5 heteroatoms. The number of hydrogen-bond donors (Lipinski definition) is 3. The first-order valence-electron chi connectivity index (χ1n) is 13.0. The summed E-state index contributed by atoms with van der Waals surface area (Å²) >= 11 is 0. The van der Waals surface area contributed by atoms with Crippen molar-refractivity contribution in [1.82, 2.24) is 10.3 Å². The number of para-hydroxylation sites is 1. The molecule has 0 unspecified atom stereocenters. The summed E-state index contributed by atoms with van der Waals surface area (Å²) in [7, 11) is 0. The molecule has 1 aromatic heterocycles. The Labute approximate surface area is 230 Å². The third-order valence-corrected chi connectivity index (χ3v) is 4.74. The van der Waals surface area contributed by atoms with Gasteiger partial charge in [-0.1, -0.05) is 86.0 Å². The van der Waals surface area contributed by atoms with Crippen LogP contribution in [0.1, 0.15) is 57.6 Å². The molecule has 2 aromatic carbocycles. The van der Waals surface area contributed by atoms with Gasteiger partial charge in [-0.15, -0.1) is 13.2 Å². The fourth-order valence-corrected chi connectivity index (χ4v) is 2.87. The summed E-state index contributed by atoms with van der Waals surface area (Å²) in [6, 6.07) is 18.2. The van der Waals surface area contributed by atoms with E-state index in [9.17, 15) is 4.79 Å². The highest BCUT2D eigenvalue weighted by Gasteiger charge is 2.15. The number of H-pyrrole nitrogens is 1. The lowest BCUT2D eigenvalue weighted by Crippen LogP contribution is -2.32. The highest BCUT2D eigenvalue weighted by Crippen LogP contribution is 2.17. The van der Waals surface area contributed by atoms with Crippen LogP contribution in [0, 0.1) is 0 Å². The van der Waals surface area contributed by atoms with Gasteiger partial charge in [0, 0.05) is 23.6 Å².